The van der Waals surface area contributed by atoms with Crippen LogP contribution >= 0.6 is 0 Å². The summed E-state index contributed by atoms with van der Waals surface area (Å²) in [4.78, 5) is 0. The fraction of sp³-hybridized carbons (Fsp3) is 0.600. The molecule has 0 N–H and O–H groups in total. The SMILES string of the molecule is CCC1(C(C)(C)C)Cc2ccccc2C1. The van der Waals surface area contributed by atoms with Crippen LogP contribution in [-0.2, 0) is 12.8 Å². The van der Waals surface area contributed by atoms with E-state index in [4.69, 9.17) is 0 Å². The van der Waals surface area contributed by atoms with Gasteiger partial charge in [-0.15, -0.1) is 0 Å². The van der Waals surface area contributed by atoms with E-state index >= 15 is 0 Å². The van der Waals surface area contributed by atoms with Gasteiger partial charge in [0.05, 0.1) is 0 Å². The lowest BCUT2D eigenvalue weighted by Crippen LogP contribution is -2.35. The summed E-state index contributed by atoms with van der Waals surface area (Å²) in [5.41, 5.74) is 4.04. The predicted octanol–water partition coefficient (Wildman–Crippen LogP) is 4.23. The molecule has 0 fully saturated rings. The summed E-state index contributed by atoms with van der Waals surface area (Å²) in [6, 6.07) is 8.96. The molecular formula is C15H22. The van der Waals surface area contributed by atoms with E-state index in [2.05, 4.69) is 52.0 Å². The highest BCUT2D eigenvalue weighted by Crippen LogP contribution is 2.51. The second-order valence-corrected chi connectivity index (χ2v) is 6.01. The molecule has 1 aliphatic rings. The zero-order valence-electron chi connectivity index (χ0n) is 10.4. The van der Waals surface area contributed by atoms with Gasteiger partial charge in [0.15, 0.2) is 0 Å². The molecule has 0 aromatic heterocycles. The van der Waals surface area contributed by atoms with E-state index in [1.165, 1.54) is 19.3 Å². The molecule has 82 valence electrons. The molecular weight excluding hydrogens is 180 g/mol. The monoisotopic (exact) mass is 202 g/mol. The lowest BCUT2D eigenvalue weighted by atomic mass is 9.63. The Kier molecular flexibility index (Phi) is 2.41. The fourth-order valence-corrected chi connectivity index (χ4v) is 3.00. The normalized spacial score (nSPS) is 18.9. The van der Waals surface area contributed by atoms with Gasteiger partial charge in [0.2, 0.25) is 0 Å². The zero-order valence-corrected chi connectivity index (χ0v) is 10.4. The topological polar surface area (TPSA) is 0 Å². The molecule has 1 aliphatic carbocycles. The van der Waals surface area contributed by atoms with Crippen molar-refractivity contribution in [1.82, 2.24) is 0 Å². The van der Waals surface area contributed by atoms with E-state index in [0.717, 1.165) is 0 Å². The molecule has 0 aliphatic heterocycles. The second-order valence-electron chi connectivity index (χ2n) is 6.01. The summed E-state index contributed by atoms with van der Waals surface area (Å²) in [6.45, 7) is 9.52. The average Bonchev–Trinajstić information content (AvgIpc) is 2.56. The van der Waals surface area contributed by atoms with E-state index in [1.54, 1.807) is 11.1 Å². The van der Waals surface area contributed by atoms with Crippen molar-refractivity contribution in [2.24, 2.45) is 10.8 Å². The highest BCUT2D eigenvalue weighted by molar-refractivity contribution is 5.35. The Morgan fingerprint density at radius 3 is 1.87 bits per heavy atom. The number of hydrogen-bond donors (Lipinski definition) is 0. The summed E-state index contributed by atoms with van der Waals surface area (Å²) in [5.74, 6) is 0. The molecule has 0 spiro atoms. The van der Waals surface area contributed by atoms with E-state index in [-0.39, 0.29) is 0 Å². The number of hydrogen-bond acceptors (Lipinski definition) is 0. The van der Waals surface area contributed by atoms with Crippen LogP contribution in [0.2, 0.25) is 0 Å². The summed E-state index contributed by atoms with van der Waals surface area (Å²) < 4.78 is 0. The van der Waals surface area contributed by atoms with Gasteiger partial charge in [-0.3, -0.25) is 0 Å². The second kappa shape index (κ2) is 3.37. The van der Waals surface area contributed by atoms with E-state index < -0.39 is 0 Å². The van der Waals surface area contributed by atoms with Crippen molar-refractivity contribution in [3.05, 3.63) is 35.4 Å². The maximum Gasteiger partial charge on any atom is -0.0171 e. The first-order valence-corrected chi connectivity index (χ1v) is 6.05. The highest BCUT2D eigenvalue weighted by Gasteiger charge is 2.44. The fourth-order valence-electron chi connectivity index (χ4n) is 3.00. The van der Waals surface area contributed by atoms with Crippen LogP contribution in [0.3, 0.4) is 0 Å². The quantitative estimate of drug-likeness (QED) is 0.639. The number of fused-ring (bicyclic) bond motifs is 1. The van der Waals surface area contributed by atoms with E-state index in [9.17, 15) is 0 Å². The Balaban J connectivity index is 2.38. The van der Waals surface area contributed by atoms with Gasteiger partial charge in [-0.05, 0) is 41.2 Å². The van der Waals surface area contributed by atoms with Gasteiger partial charge in [-0.25, -0.2) is 0 Å². The third kappa shape index (κ3) is 1.60. The third-order valence-corrected chi connectivity index (χ3v) is 4.44. The van der Waals surface area contributed by atoms with Gasteiger partial charge >= 0.3 is 0 Å². The van der Waals surface area contributed by atoms with Crippen molar-refractivity contribution in [2.45, 2.75) is 47.0 Å². The molecule has 0 heterocycles. The van der Waals surface area contributed by atoms with E-state index in [0.29, 0.717) is 10.8 Å². The molecule has 0 saturated heterocycles. The van der Waals surface area contributed by atoms with Crippen molar-refractivity contribution in [3.63, 3.8) is 0 Å². The van der Waals surface area contributed by atoms with Gasteiger partial charge in [0.25, 0.3) is 0 Å². The zero-order chi connectivity index (χ0) is 11.1. The largest absolute Gasteiger partial charge is 0.0648 e. The first-order valence-electron chi connectivity index (χ1n) is 6.05. The molecule has 0 heteroatoms. The first kappa shape index (κ1) is 10.7. The average molecular weight is 202 g/mol. The number of benzene rings is 1. The molecule has 0 amide bonds. The van der Waals surface area contributed by atoms with Crippen LogP contribution in [0.1, 0.15) is 45.2 Å². The van der Waals surface area contributed by atoms with Crippen molar-refractivity contribution in [3.8, 4) is 0 Å². The van der Waals surface area contributed by atoms with Crippen LogP contribution in [0, 0.1) is 10.8 Å². The van der Waals surface area contributed by atoms with Crippen molar-refractivity contribution in [1.29, 1.82) is 0 Å². The van der Waals surface area contributed by atoms with Crippen LogP contribution in [0.4, 0.5) is 0 Å². The van der Waals surface area contributed by atoms with Crippen LogP contribution in [0.15, 0.2) is 24.3 Å². The molecule has 0 saturated carbocycles. The van der Waals surface area contributed by atoms with Gasteiger partial charge < -0.3 is 0 Å². The molecule has 0 unspecified atom stereocenters. The molecule has 1 aromatic rings. The summed E-state index contributed by atoms with van der Waals surface area (Å²) in [7, 11) is 0. The van der Waals surface area contributed by atoms with Gasteiger partial charge in [-0.1, -0.05) is 52.0 Å². The summed E-state index contributed by atoms with van der Waals surface area (Å²) in [6.07, 6.45) is 3.82. The van der Waals surface area contributed by atoms with Crippen molar-refractivity contribution >= 4 is 0 Å². The maximum absolute atomic E-state index is 2.39. The first-order chi connectivity index (χ1) is 6.98. The Bertz CT molecular complexity index is 330. The lowest BCUT2D eigenvalue weighted by Gasteiger charge is -2.41. The lowest BCUT2D eigenvalue weighted by molar-refractivity contribution is 0.0923. The van der Waals surface area contributed by atoms with Gasteiger partial charge in [-0.2, -0.15) is 0 Å². The summed E-state index contributed by atoms with van der Waals surface area (Å²) >= 11 is 0. The van der Waals surface area contributed by atoms with Crippen molar-refractivity contribution < 1.29 is 0 Å². The Morgan fingerprint density at radius 2 is 1.53 bits per heavy atom. The van der Waals surface area contributed by atoms with Gasteiger partial charge in [0, 0.05) is 0 Å². The Morgan fingerprint density at radius 1 is 1.07 bits per heavy atom. The molecule has 15 heavy (non-hydrogen) atoms. The van der Waals surface area contributed by atoms with Crippen molar-refractivity contribution in [2.75, 3.05) is 0 Å². The predicted molar refractivity (Wildman–Crippen MR) is 66.0 cm³/mol. The molecule has 1 aromatic carbocycles. The minimum atomic E-state index is 0.404. The molecule has 0 radical (unpaired) electrons. The minimum absolute atomic E-state index is 0.404. The van der Waals surface area contributed by atoms with Crippen LogP contribution in [0.25, 0.3) is 0 Å². The van der Waals surface area contributed by atoms with Crippen LogP contribution in [-0.4, -0.2) is 0 Å². The summed E-state index contributed by atoms with van der Waals surface area (Å²) in [5, 5.41) is 0. The smallest absolute Gasteiger partial charge is 0.0171 e. The Labute approximate surface area is 93.7 Å². The standard InChI is InChI=1S/C15H22/c1-5-15(14(2,3)4)10-12-8-6-7-9-13(12)11-15/h6-9H,5,10-11H2,1-4H3. The molecule has 2 rings (SSSR count). The molecule has 0 nitrogen and oxygen atoms in total. The molecule has 0 bridgehead atoms. The minimum Gasteiger partial charge on any atom is -0.0648 e. The Hall–Kier alpha value is -0.780. The van der Waals surface area contributed by atoms with Gasteiger partial charge in [0.1, 0.15) is 0 Å². The highest BCUT2D eigenvalue weighted by atomic mass is 14.5. The third-order valence-electron chi connectivity index (χ3n) is 4.44. The number of rotatable bonds is 1. The molecule has 0 atom stereocenters. The van der Waals surface area contributed by atoms with Crippen LogP contribution in [0.5, 0.6) is 0 Å². The van der Waals surface area contributed by atoms with E-state index in [1.807, 2.05) is 0 Å². The van der Waals surface area contributed by atoms with Crippen LogP contribution < -0.4 is 0 Å². The maximum atomic E-state index is 2.39.